The number of nitriles is 1. The fraction of sp³-hybridized carbons (Fsp3) is 0.133. The summed E-state index contributed by atoms with van der Waals surface area (Å²) < 4.78 is 36.4. The minimum Gasteiger partial charge on any atom is -0.490 e. The smallest absolute Gasteiger partial charge is 0.137 e. The molecule has 0 unspecified atom stereocenters. The zero-order valence-corrected chi connectivity index (χ0v) is 10.5. The van der Waals surface area contributed by atoms with Crippen molar-refractivity contribution >= 4 is 0 Å². The van der Waals surface area contributed by atoms with E-state index < -0.39 is 11.6 Å². The van der Waals surface area contributed by atoms with Gasteiger partial charge in [0.2, 0.25) is 0 Å². The lowest BCUT2D eigenvalue weighted by atomic mass is 10.2. The van der Waals surface area contributed by atoms with E-state index in [1.165, 1.54) is 0 Å². The van der Waals surface area contributed by atoms with Crippen LogP contribution < -0.4 is 9.47 Å². The fourth-order valence-electron chi connectivity index (χ4n) is 1.61. The van der Waals surface area contributed by atoms with Crippen molar-refractivity contribution in [3.05, 3.63) is 59.7 Å². The Hall–Kier alpha value is -2.61. The van der Waals surface area contributed by atoms with Crippen molar-refractivity contribution < 1.29 is 18.3 Å². The number of rotatable bonds is 5. The standard InChI is InChI=1S/C15H11F2NO2/c16-12-7-13(17)9-14(8-12)19-5-6-20-15-4-2-1-3-11(15)10-18/h1-4,7-9H,5-6H2. The average Bonchev–Trinajstić information content (AvgIpc) is 2.43. The molecule has 0 aliphatic carbocycles. The van der Waals surface area contributed by atoms with Gasteiger partial charge < -0.3 is 9.47 Å². The molecule has 20 heavy (non-hydrogen) atoms. The molecule has 0 fully saturated rings. The van der Waals surface area contributed by atoms with Gasteiger partial charge in [-0.3, -0.25) is 0 Å². The first kappa shape index (κ1) is 13.8. The number of para-hydroxylation sites is 1. The predicted molar refractivity (Wildman–Crippen MR) is 68.5 cm³/mol. The van der Waals surface area contributed by atoms with E-state index >= 15 is 0 Å². The third-order valence-electron chi connectivity index (χ3n) is 2.45. The molecule has 0 aliphatic rings. The van der Waals surface area contributed by atoms with Gasteiger partial charge >= 0.3 is 0 Å². The minimum atomic E-state index is -0.698. The first-order chi connectivity index (χ1) is 9.69. The molecule has 0 heterocycles. The van der Waals surface area contributed by atoms with Crippen LogP contribution in [0.15, 0.2) is 42.5 Å². The number of nitrogens with zero attached hydrogens (tertiary/aromatic N) is 1. The molecule has 0 saturated heterocycles. The maximum absolute atomic E-state index is 12.9. The zero-order valence-electron chi connectivity index (χ0n) is 10.5. The first-order valence-corrected chi connectivity index (χ1v) is 5.90. The summed E-state index contributed by atoms with van der Waals surface area (Å²) in [7, 11) is 0. The molecular weight excluding hydrogens is 264 g/mol. The summed E-state index contributed by atoms with van der Waals surface area (Å²) in [5.74, 6) is -0.852. The van der Waals surface area contributed by atoms with Crippen LogP contribution in [0.3, 0.4) is 0 Å². The van der Waals surface area contributed by atoms with Crippen molar-refractivity contribution in [2.75, 3.05) is 13.2 Å². The minimum absolute atomic E-state index is 0.0969. The van der Waals surface area contributed by atoms with Gasteiger partial charge in [-0.2, -0.15) is 5.26 Å². The second-order valence-electron chi connectivity index (χ2n) is 3.91. The second kappa shape index (κ2) is 6.53. The van der Waals surface area contributed by atoms with E-state index in [1.54, 1.807) is 24.3 Å². The molecule has 3 nitrogen and oxygen atoms in total. The Kier molecular flexibility index (Phi) is 4.51. The van der Waals surface area contributed by atoms with Gasteiger partial charge in [0.15, 0.2) is 0 Å². The Balaban J connectivity index is 1.86. The van der Waals surface area contributed by atoms with Gasteiger partial charge in [0.05, 0.1) is 5.56 Å². The van der Waals surface area contributed by atoms with E-state index in [0.29, 0.717) is 11.3 Å². The maximum Gasteiger partial charge on any atom is 0.137 e. The highest BCUT2D eigenvalue weighted by Gasteiger charge is 2.03. The lowest BCUT2D eigenvalue weighted by Crippen LogP contribution is -2.09. The molecule has 102 valence electrons. The van der Waals surface area contributed by atoms with Gasteiger partial charge in [-0.05, 0) is 12.1 Å². The van der Waals surface area contributed by atoms with Crippen LogP contribution in [-0.4, -0.2) is 13.2 Å². The zero-order chi connectivity index (χ0) is 14.4. The Morgan fingerprint density at radius 2 is 1.60 bits per heavy atom. The number of benzene rings is 2. The number of hydrogen-bond acceptors (Lipinski definition) is 3. The van der Waals surface area contributed by atoms with Crippen LogP contribution in [0.25, 0.3) is 0 Å². The van der Waals surface area contributed by atoms with E-state index in [9.17, 15) is 8.78 Å². The number of halogens is 2. The highest BCUT2D eigenvalue weighted by atomic mass is 19.1. The van der Waals surface area contributed by atoms with Crippen LogP contribution >= 0.6 is 0 Å². The third-order valence-corrected chi connectivity index (χ3v) is 2.45. The maximum atomic E-state index is 12.9. The summed E-state index contributed by atoms with van der Waals surface area (Å²) in [6, 6.07) is 11.7. The van der Waals surface area contributed by atoms with Gasteiger partial charge in [-0.25, -0.2) is 8.78 Å². The average molecular weight is 275 g/mol. The molecule has 2 aromatic carbocycles. The molecular formula is C15H11F2NO2. The molecule has 0 radical (unpaired) electrons. The van der Waals surface area contributed by atoms with E-state index in [2.05, 4.69) is 0 Å². The van der Waals surface area contributed by atoms with Crippen LogP contribution in [0.2, 0.25) is 0 Å². The lowest BCUT2D eigenvalue weighted by molar-refractivity contribution is 0.215. The monoisotopic (exact) mass is 275 g/mol. The Bertz CT molecular complexity index is 618. The Labute approximate surface area is 115 Å². The topological polar surface area (TPSA) is 42.2 Å². The molecule has 2 rings (SSSR count). The molecule has 0 bridgehead atoms. The highest BCUT2D eigenvalue weighted by molar-refractivity contribution is 5.42. The summed E-state index contributed by atoms with van der Waals surface area (Å²) in [5.41, 5.74) is 0.421. The van der Waals surface area contributed by atoms with Crippen molar-refractivity contribution in [3.63, 3.8) is 0 Å². The third kappa shape index (κ3) is 3.69. The number of hydrogen-bond donors (Lipinski definition) is 0. The van der Waals surface area contributed by atoms with Crippen LogP contribution in [0.5, 0.6) is 11.5 Å². The Morgan fingerprint density at radius 1 is 0.950 bits per heavy atom. The lowest BCUT2D eigenvalue weighted by Gasteiger charge is -2.09. The molecule has 2 aromatic rings. The fourth-order valence-corrected chi connectivity index (χ4v) is 1.61. The van der Waals surface area contributed by atoms with Crippen molar-refractivity contribution in [1.82, 2.24) is 0 Å². The SMILES string of the molecule is N#Cc1ccccc1OCCOc1cc(F)cc(F)c1. The predicted octanol–water partition coefficient (Wildman–Crippen LogP) is 3.29. The summed E-state index contributed by atoms with van der Waals surface area (Å²) >= 11 is 0. The molecule has 0 N–H and O–H groups in total. The van der Waals surface area contributed by atoms with Gasteiger partial charge in [-0.15, -0.1) is 0 Å². The van der Waals surface area contributed by atoms with Crippen molar-refractivity contribution in [2.45, 2.75) is 0 Å². The molecule has 0 spiro atoms. The van der Waals surface area contributed by atoms with Crippen LogP contribution in [-0.2, 0) is 0 Å². The van der Waals surface area contributed by atoms with Crippen LogP contribution in [0, 0.1) is 23.0 Å². The van der Waals surface area contributed by atoms with E-state index in [1.807, 2.05) is 6.07 Å². The van der Waals surface area contributed by atoms with Gasteiger partial charge in [0.25, 0.3) is 0 Å². The summed E-state index contributed by atoms with van der Waals surface area (Å²) in [6.45, 7) is 0.277. The van der Waals surface area contributed by atoms with Gasteiger partial charge in [0.1, 0.15) is 42.4 Å². The first-order valence-electron chi connectivity index (χ1n) is 5.90. The normalized spacial score (nSPS) is 9.85. The van der Waals surface area contributed by atoms with Crippen molar-refractivity contribution in [1.29, 1.82) is 5.26 Å². The van der Waals surface area contributed by atoms with Crippen LogP contribution in [0.1, 0.15) is 5.56 Å². The van der Waals surface area contributed by atoms with E-state index in [0.717, 1.165) is 18.2 Å². The van der Waals surface area contributed by atoms with Crippen molar-refractivity contribution in [2.24, 2.45) is 0 Å². The largest absolute Gasteiger partial charge is 0.490 e. The van der Waals surface area contributed by atoms with Crippen LogP contribution in [0.4, 0.5) is 8.78 Å². The summed E-state index contributed by atoms with van der Waals surface area (Å²) in [5, 5.41) is 8.87. The second-order valence-corrected chi connectivity index (χ2v) is 3.91. The summed E-state index contributed by atoms with van der Waals surface area (Å²) in [6.07, 6.45) is 0. The summed E-state index contributed by atoms with van der Waals surface area (Å²) in [4.78, 5) is 0. The molecule has 0 aliphatic heterocycles. The van der Waals surface area contributed by atoms with Gasteiger partial charge in [-0.1, -0.05) is 12.1 Å². The number of ether oxygens (including phenoxy) is 2. The van der Waals surface area contributed by atoms with Crippen molar-refractivity contribution in [3.8, 4) is 17.6 Å². The molecule has 0 atom stereocenters. The Morgan fingerprint density at radius 3 is 2.30 bits per heavy atom. The molecule has 5 heteroatoms. The highest BCUT2D eigenvalue weighted by Crippen LogP contribution is 2.17. The quantitative estimate of drug-likeness (QED) is 0.786. The van der Waals surface area contributed by atoms with E-state index in [-0.39, 0.29) is 19.0 Å². The molecule has 0 aromatic heterocycles. The molecule has 0 amide bonds. The van der Waals surface area contributed by atoms with E-state index in [4.69, 9.17) is 14.7 Å². The molecule has 0 saturated carbocycles. The van der Waals surface area contributed by atoms with Gasteiger partial charge in [0, 0.05) is 18.2 Å².